The number of aliphatic hydroxyl groups is 3. The van der Waals surface area contributed by atoms with E-state index < -0.39 is 47.5 Å². The highest BCUT2D eigenvalue weighted by Crippen LogP contribution is 2.27. The van der Waals surface area contributed by atoms with E-state index in [-0.39, 0.29) is 11.4 Å². The third-order valence-corrected chi connectivity index (χ3v) is 4.48. The maximum atomic E-state index is 10.7. The zero-order valence-corrected chi connectivity index (χ0v) is 16.3. The molecule has 1 aliphatic rings. The molecule has 0 spiro atoms. The van der Waals surface area contributed by atoms with E-state index in [1.54, 1.807) is 30.3 Å². The first kappa shape index (κ1) is 21.9. The van der Waals surface area contributed by atoms with E-state index in [9.17, 15) is 25.4 Å². The van der Waals surface area contributed by atoms with Crippen LogP contribution in [-0.2, 0) is 9.47 Å². The number of aliphatic hydroxyl groups excluding tert-OH is 3. The third-order valence-electron chi connectivity index (χ3n) is 4.30. The normalized spacial score (nSPS) is 25.9. The van der Waals surface area contributed by atoms with Gasteiger partial charge in [-0.15, -0.1) is 0 Å². The second kappa shape index (κ2) is 9.78. The first-order valence-electron chi connectivity index (χ1n) is 8.86. The van der Waals surface area contributed by atoms with E-state index in [0.717, 1.165) is 0 Å². The third kappa shape index (κ3) is 5.20. The van der Waals surface area contributed by atoms with Gasteiger partial charge in [-0.3, -0.25) is 10.1 Å². The minimum Gasteiger partial charge on any atom is -0.462 e. The van der Waals surface area contributed by atoms with Gasteiger partial charge in [-0.25, -0.2) is 0 Å². The van der Waals surface area contributed by atoms with Gasteiger partial charge < -0.3 is 34.3 Å². The van der Waals surface area contributed by atoms with Crippen LogP contribution in [0.2, 0.25) is 0 Å². The maximum absolute atomic E-state index is 10.7. The van der Waals surface area contributed by atoms with Gasteiger partial charge in [0.1, 0.15) is 23.7 Å². The van der Waals surface area contributed by atoms with Crippen molar-refractivity contribution < 1.29 is 39.2 Å². The standard InChI is InChI=1S/C19H19NO9S/c21-10-14-15(22)17(16(23)18(28-14)26-12-4-2-1-3-5-12)29-19(30)27-13-8-6-11(7-9-13)20(24)25/h1-9,14-18,21-23H,10H2/t14-,15-,16+,17+,18-/m1/s1. The van der Waals surface area contributed by atoms with Crippen LogP contribution in [0, 0.1) is 10.1 Å². The summed E-state index contributed by atoms with van der Waals surface area (Å²) >= 11 is 5.01. The summed E-state index contributed by atoms with van der Waals surface area (Å²) in [4.78, 5) is 10.1. The lowest BCUT2D eigenvalue weighted by molar-refractivity contribution is -0.384. The first-order valence-corrected chi connectivity index (χ1v) is 9.27. The van der Waals surface area contributed by atoms with Crippen molar-refractivity contribution in [3.8, 4) is 11.5 Å². The largest absolute Gasteiger partial charge is 0.462 e. The van der Waals surface area contributed by atoms with Gasteiger partial charge in [0.2, 0.25) is 6.29 Å². The lowest BCUT2D eigenvalue weighted by Gasteiger charge is -2.41. The molecule has 2 aromatic rings. The summed E-state index contributed by atoms with van der Waals surface area (Å²) in [7, 11) is 0. The van der Waals surface area contributed by atoms with Crippen molar-refractivity contribution in [2.24, 2.45) is 0 Å². The quantitative estimate of drug-likeness (QED) is 0.342. The summed E-state index contributed by atoms with van der Waals surface area (Å²) in [6, 6.07) is 13.6. The smallest absolute Gasteiger partial charge is 0.358 e. The van der Waals surface area contributed by atoms with Crippen LogP contribution in [0.3, 0.4) is 0 Å². The molecule has 0 amide bonds. The van der Waals surface area contributed by atoms with Crippen LogP contribution in [0.4, 0.5) is 5.69 Å². The highest BCUT2D eigenvalue weighted by molar-refractivity contribution is 7.79. The Morgan fingerprint density at radius 1 is 1.07 bits per heavy atom. The Labute approximate surface area is 176 Å². The van der Waals surface area contributed by atoms with Crippen molar-refractivity contribution in [1.29, 1.82) is 0 Å². The van der Waals surface area contributed by atoms with Crippen molar-refractivity contribution >= 4 is 23.1 Å². The molecule has 30 heavy (non-hydrogen) atoms. The maximum Gasteiger partial charge on any atom is 0.358 e. The Balaban J connectivity index is 1.68. The second-order valence-electron chi connectivity index (χ2n) is 6.32. The van der Waals surface area contributed by atoms with Crippen molar-refractivity contribution in [3.05, 3.63) is 64.7 Å². The molecule has 0 radical (unpaired) electrons. The summed E-state index contributed by atoms with van der Waals surface area (Å²) in [5, 5.41) is 40.7. The van der Waals surface area contributed by atoms with Crippen molar-refractivity contribution in [2.75, 3.05) is 6.61 Å². The van der Waals surface area contributed by atoms with Gasteiger partial charge in [-0.2, -0.15) is 0 Å². The minimum absolute atomic E-state index is 0.129. The molecule has 1 fully saturated rings. The molecule has 5 atom stereocenters. The summed E-state index contributed by atoms with van der Waals surface area (Å²) in [5.74, 6) is 0.565. The van der Waals surface area contributed by atoms with Gasteiger partial charge in [-0.1, -0.05) is 18.2 Å². The summed E-state index contributed by atoms with van der Waals surface area (Å²) in [5.41, 5.74) is -0.129. The van der Waals surface area contributed by atoms with Gasteiger partial charge in [-0.05, 0) is 24.3 Å². The van der Waals surface area contributed by atoms with Crippen molar-refractivity contribution in [3.63, 3.8) is 0 Å². The molecule has 0 bridgehead atoms. The van der Waals surface area contributed by atoms with Crippen LogP contribution < -0.4 is 9.47 Å². The summed E-state index contributed by atoms with van der Waals surface area (Å²) in [6.07, 6.45) is -6.58. The molecule has 2 aromatic carbocycles. The molecule has 1 saturated heterocycles. The molecule has 1 aliphatic heterocycles. The molecule has 0 unspecified atom stereocenters. The fraction of sp³-hybridized carbons (Fsp3) is 0.316. The molecular formula is C19H19NO9S. The van der Waals surface area contributed by atoms with E-state index in [0.29, 0.717) is 5.75 Å². The Hall–Kier alpha value is -2.83. The van der Waals surface area contributed by atoms with E-state index in [2.05, 4.69) is 0 Å². The number of nitro groups is 1. The summed E-state index contributed by atoms with van der Waals surface area (Å²) in [6.45, 7) is -0.557. The second-order valence-corrected chi connectivity index (χ2v) is 6.66. The van der Waals surface area contributed by atoms with Gasteiger partial charge >= 0.3 is 5.24 Å². The summed E-state index contributed by atoms with van der Waals surface area (Å²) < 4.78 is 21.7. The Morgan fingerprint density at radius 3 is 2.33 bits per heavy atom. The van der Waals surface area contributed by atoms with Gasteiger partial charge in [0.15, 0.2) is 12.2 Å². The number of non-ortho nitro benzene ring substituents is 1. The van der Waals surface area contributed by atoms with E-state index in [1.165, 1.54) is 24.3 Å². The van der Waals surface area contributed by atoms with E-state index >= 15 is 0 Å². The molecular weight excluding hydrogens is 418 g/mol. The van der Waals surface area contributed by atoms with E-state index in [1.807, 2.05) is 0 Å². The predicted molar refractivity (Wildman–Crippen MR) is 106 cm³/mol. The molecule has 0 saturated carbocycles. The van der Waals surface area contributed by atoms with Gasteiger partial charge in [0.05, 0.1) is 11.5 Å². The number of hydrogen-bond acceptors (Lipinski definition) is 10. The number of nitrogens with zero attached hydrogens (tertiary/aromatic N) is 1. The molecule has 3 rings (SSSR count). The molecule has 10 nitrogen and oxygen atoms in total. The lowest BCUT2D eigenvalue weighted by atomic mass is 9.99. The average Bonchev–Trinajstić information content (AvgIpc) is 2.74. The van der Waals surface area contributed by atoms with Crippen LogP contribution in [0.1, 0.15) is 0 Å². The highest BCUT2D eigenvalue weighted by atomic mass is 32.1. The number of rotatable bonds is 6. The Morgan fingerprint density at radius 2 is 1.73 bits per heavy atom. The number of para-hydroxylation sites is 1. The fourth-order valence-corrected chi connectivity index (χ4v) is 3.00. The number of nitro benzene ring substituents is 1. The van der Waals surface area contributed by atoms with Crippen LogP contribution in [0.5, 0.6) is 11.5 Å². The molecule has 0 aliphatic carbocycles. The van der Waals surface area contributed by atoms with E-state index in [4.69, 9.17) is 31.2 Å². The molecule has 160 valence electrons. The first-order chi connectivity index (χ1) is 14.4. The van der Waals surface area contributed by atoms with Crippen LogP contribution in [-0.4, -0.2) is 62.8 Å². The zero-order valence-electron chi connectivity index (χ0n) is 15.4. The molecule has 1 heterocycles. The molecule has 0 aromatic heterocycles. The highest BCUT2D eigenvalue weighted by Gasteiger charge is 2.47. The lowest BCUT2D eigenvalue weighted by Crippen LogP contribution is -2.61. The fourth-order valence-electron chi connectivity index (χ4n) is 2.79. The Kier molecular flexibility index (Phi) is 7.13. The van der Waals surface area contributed by atoms with Crippen molar-refractivity contribution in [1.82, 2.24) is 0 Å². The zero-order chi connectivity index (χ0) is 21.7. The number of thiocarbonyl (C=S) groups is 1. The Bertz CT molecular complexity index is 864. The number of ether oxygens (including phenoxy) is 4. The molecule has 3 N–H and O–H groups in total. The monoisotopic (exact) mass is 437 g/mol. The number of hydrogen-bond donors (Lipinski definition) is 3. The topological polar surface area (TPSA) is 141 Å². The van der Waals surface area contributed by atoms with Gasteiger partial charge in [0.25, 0.3) is 5.69 Å². The predicted octanol–water partition coefficient (Wildman–Crippen LogP) is 1.16. The SMILES string of the molecule is O=[N+]([O-])c1ccc(OC(=S)O[C@@H]2[C@H](O)[C@H](Oc3ccccc3)O[C@H](CO)[C@H]2O)cc1. The minimum atomic E-state index is -1.47. The van der Waals surface area contributed by atoms with Crippen molar-refractivity contribution in [2.45, 2.75) is 30.7 Å². The van der Waals surface area contributed by atoms with Crippen LogP contribution >= 0.6 is 12.2 Å². The molecule has 11 heteroatoms. The average molecular weight is 437 g/mol. The van der Waals surface area contributed by atoms with Crippen LogP contribution in [0.15, 0.2) is 54.6 Å². The van der Waals surface area contributed by atoms with Gasteiger partial charge in [0, 0.05) is 24.4 Å². The van der Waals surface area contributed by atoms with Crippen LogP contribution in [0.25, 0.3) is 0 Å². The number of benzene rings is 2.